The molecule has 0 saturated heterocycles. The van der Waals surface area contributed by atoms with Crippen molar-refractivity contribution in [3.8, 4) is 11.5 Å². The van der Waals surface area contributed by atoms with Crippen LogP contribution in [0.15, 0.2) is 34.7 Å². The first kappa shape index (κ1) is 14.6. The zero-order valence-corrected chi connectivity index (χ0v) is 10.5. The molecule has 0 N–H and O–H groups in total. The Morgan fingerprint density at radius 3 is 2.00 bits per heavy atom. The Bertz CT molecular complexity index is 489. The van der Waals surface area contributed by atoms with Gasteiger partial charge in [0.1, 0.15) is 0 Å². The number of hydrogen-bond donors (Lipinski definition) is 0. The molecule has 0 radical (unpaired) electrons. The largest absolute Gasteiger partial charge is 0.407 e. The molecule has 1 heterocycles. The highest BCUT2D eigenvalue weighted by atomic mass is 35.7. The summed E-state index contributed by atoms with van der Waals surface area (Å²) in [5.41, 5.74) is 1.05. The molecule has 1 aromatic carbocycles. The maximum atomic E-state index is 8.49. The van der Waals surface area contributed by atoms with E-state index in [1.807, 2.05) is 44.3 Å². The Morgan fingerprint density at radius 1 is 1.11 bits per heavy atom. The molecular weight excluding hydrogens is 264 g/mol. The van der Waals surface area contributed by atoms with E-state index in [2.05, 4.69) is 5.10 Å². The highest BCUT2D eigenvalue weighted by Crippen LogP contribution is 2.14. The van der Waals surface area contributed by atoms with Crippen molar-refractivity contribution in [2.24, 2.45) is 7.05 Å². The minimum atomic E-state index is -4.94. The summed E-state index contributed by atoms with van der Waals surface area (Å²) in [5.74, 6) is 1.47. The van der Waals surface area contributed by atoms with Gasteiger partial charge < -0.3 is 4.42 Å². The third-order valence-electron chi connectivity index (χ3n) is 1.85. The lowest BCUT2D eigenvalue weighted by Crippen LogP contribution is -2.68. The summed E-state index contributed by atoms with van der Waals surface area (Å²) in [7, 11) is -3.07. The van der Waals surface area contributed by atoms with Crippen LogP contribution in [0.5, 0.6) is 0 Å². The molecule has 0 fully saturated rings. The van der Waals surface area contributed by atoms with Gasteiger partial charge in [0, 0.05) is 12.0 Å². The number of benzene rings is 1. The Balaban J connectivity index is 0.000000280. The fourth-order valence-electron chi connectivity index (χ4n) is 1.31. The molecule has 0 bridgehead atoms. The molecule has 0 aliphatic carbocycles. The van der Waals surface area contributed by atoms with Crippen molar-refractivity contribution in [3.05, 3.63) is 36.2 Å². The maximum Gasteiger partial charge on any atom is 0.407 e. The Hall–Kier alpha value is -1.51. The van der Waals surface area contributed by atoms with E-state index in [4.69, 9.17) is 23.1 Å². The van der Waals surface area contributed by atoms with Gasteiger partial charge in [-0.2, -0.15) is 0 Å². The van der Waals surface area contributed by atoms with E-state index < -0.39 is 10.2 Å². The van der Waals surface area contributed by atoms with Crippen LogP contribution in [0, 0.1) is 17.2 Å². The molecule has 2 aromatic rings. The number of rotatable bonds is 1. The van der Waals surface area contributed by atoms with E-state index in [0.29, 0.717) is 5.89 Å². The van der Waals surface area contributed by atoms with Crippen LogP contribution in [0.4, 0.5) is 0 Å². The van der Waals surface area contributed by atoms with Crippen molar-refractivity contribution in [3.63, 3.8) is 0 Å². The lowest BCUT2D eigenvalue weighted by atomic mass is 10.2. The first-order valence-electron chi connectivity index (χ1n) is 4.78. The molecule has 0 saturated carbocycles. The third kappa shape index (κ3) is 5.21. The molecule has 7 nitrogen and oxygen atoms in total. The second kappa shape index (κ2) is 5.89. The average Bonchev–Trinajstić information content (AvgIpc) is 2.57. The number of halogens is 1. The molecule has 0 aliphatic rings. The molecule has 0 aliphatic heterocycles. The summed E-state index contributed by atoms with van der Waals surface area (Å²) < 4.78 is 41.2. The Labute approximate surface area is 105 Å². The van der Waals surface area contributed by atoms with Crippen LogP contribution >= 0.6 is 0 Å². The zero-order chi connectivity index (χ0) is 13.8. The summed E-state index contributed by atoms with van der Waals surface area (Å²) >= 11 is 0. The smallest absolute Gasteiger partial charge is 0.382 e. The van der Waals surface area contributed by atoms with E-state index in [9.17, 15) is 0 Å². The topological polar surface area (TPSA) is 122 Å². The van der Waals surface area contributed by atoms with Gasteiger partial charge in [-0.1, -0.05) is 18.2 Å². The summed E-state index contributed by atoms with van der Waals surface area (Å²) in [4.78, 5) is 0. The minimum Gasteiger partial charge on any atom is -0.382 e. The van der Waals surface area contributed by atoms with Gasteiger partial charge in [-0.3, -0.25) is 0 Å². The molecular formula is C10H11ClN2O5. The summed E-state index contributed by atoms with van der Waals surface area (Å²) in [5, 5.41) is 4.14. The normalized spacial score (nSPS) is 10.8. The van der Waals surface area contributed by atoms with Crippen LogP contribution in [0.1, 0.15) is 5.89 Å². The standard InChI is InChI=1S/C10H11N2O.ClHO4/c1-8-11-12(2)10(13-8)9-6-4-3-5-7-9;2-1(3,4)5/h3-7H,1-2H3;(H,2,3,4,5)/q+1;/p-1. The van der Waals surface area contributed by atoms with Crippen molar-refractivity contribution in [2.75, 3.05) is 0 Å². The Morgan fingerprint density at radius 2 is 1.61 bits per heavy atom. The second-order valence-corrected chi connectivity index (χ2v) is 4.05. The van der Waals surface area contributed by atoms with Gasteiger partial charge in [0.2, 0.25) is 0 Å². The molecule has 0 amide bonds. The molecule has 0 atom stereocenters. The molecule has 8 heteroatoms. The number of aryl methyl sites for hydroxylation is 2. The van der Waals surface area contributed by atoms with Crippen LogP contribution in [0.2, 0.25) is 0 Å². The van der Waals surface area contributed by atoms with Crippen molar-refractivity contribution in [2.45, 2.75) is 6.92 Å². The SMILES string of the molecule is Cc1n[n+](C)c(-c2ccccc2)o1.[O-][Cl+3]([O-])([O-])[O-]. The average molecular weight is 275 g/mol. The van der Waals surface area contributed by atoms with Crippen molar-refractivity contribution in [1.29, 1.82) is 0 Å². The molecule has 18 heavy (non-hydrogen) atoms. The lowest BCUT2D eigenvalue weighted by molar-refractivity contribution is -2.00. The van der Waals surface area contributed by atoms with E-state index in [1.165, 1.54) is 0 Å². The highest BCUT2D eigenvalue weighted by molar-refractivity contribution is 5.49. The number of nitrogens with zero attached hydrogens (tertiary/aromatic N) is 2. The van der Waals surface area contributed by atoms with Gasteiger partial charge in [0.25, 0.3) is 5.89 Å². The van der Waals surface area contributed by atoms with Gasteiger partial charge in [-0.15, -0.1) is 10.2 Å². The van der Waals surface area contributed by atoms with Crippen LogP contribution in [-0.2, 0) is 7.05 Å². The molecule has 1 aromatic heterocycles. The Kier molecular flexibility index (Phi) is 4.76. The minimum absolute atomic E-state index is 0.682. The van der Waals surface area contributed by atoms with Gasteiger partial charge in [0.05, 0.1) is 5.56 Å². The molecule has 2 rings (SSSR count). The van der Waals surface area contributed by atoms with Gasteiger partial charge in [0.15, 0.2) is 7.05 Å². The third-order valence-corrected chi connectivity index (χ3v) is 1.85. The molecule has 0 spiro atoms. The first-order valence-corrected chi connectivity index (χ1v) is 6.01. The van der Waals surface area contributed by atoms with Crippen molar-refractivity contribution in [1.82, 2.24) is 5.10 Å². The second-order valence-electron chi connectivity index (χ2n) is 3.29. The van der Waals surface area contributed by atoms with E-state index in [1.54, 1.807) is 4.68 Å². The van der Waals surface area contributed by atoms with Gasteiger partial charge >= 0.3 is 5.89 Å². The van der Waals surface area contributed by atoms with Crippen LogP contribution in [0.3, 0.4) is 0 Å². The van der Waals surface area contributed by atoms with E-state index in [0.717, 1.165) is 11.5 Å². The predicted molar refractivity (Wildman–Crippen MR) is 47.9 cm³/mol. The summed E-state index contributed by atoms with van der Waals surface area (Å²) in [6.07, 6.45) is 0. The van der Waals surface area contributed by atoms with Crippen molar-refractivity contribution >= 4 is 0 Å². The monoisotopic (exact) mass is 274 g/mol. The fourth-order valence-corrected chi connectivity index (χ4v) is 1.31. The molecule has 0 unspecified atom stereocenters. The lowest BCUT2D eigenvalue weighted by Gasteiger charge is -2.17. The van der Waals surface area contributed by atoms with Crippen LogP contribution in [0.25, 0.3) is 11.5 Å². The zero-order valence-electron chi connectivity index (χ0n) is 9.70. The number of aromatic nitrogens is 2. The summed E-state index contributed by atoms with van der Waals surface area (Å²) in [6.45, 7) is 1.84. The highest BCUT2D eigenvalue weighted by Gasteiger charge is 2.17. The maximum absolute atomic E-state index is 8.49. The quantitative estimate of drug-likeness (QED) is 0.503. The van der Waals surface area contributed by atoms with Gasteiger partial charge in [-0.05, 0) is 16.8 Å². The van der Waals surface area contributed by atoms with Crippen LogP contribution in [-0.4, -0.2) is 5.10 Å². The fraction of sp³-hybridized carbons (Fsp3) is 0.200. The van der Waals surface area contributed by atoms with E-state index in [-0.39, 0.29) is 0 Å². The van der Waals surface area contributed by atoms with E-state index >= 15 is 0 Å². The van der Waals surface area contributed by atoms with Crippen LogP contribution < -0.4 is 23.3 Å². The van der Waals surface area contributed by atoms with Gasteiger partial charge in [-0.25, -0.2) is 18.6 Å². The summed E-state index contributed by atoms with van der Waals surface area (Å²) in [6, 6.07) is 9.94. The number of hydrogen-bond acceptors (Lipinski definition) is 6. The predicted octanol–water partition coefficient (Wildman–Crippen LogP) is -3.28. The van der Waals surface area contributed by atoms with Crippen molar-refractivity contribution < 1.29 is 38.0 Å². The molecule has 98 valence electrons. The first-order chi connectivity index (χ1) is 8.27.